The molecule has 228 valence electrons. The van der Waals surface area contributed by atoms with Crippen LogP contribution in [0.25, 0.3) is 0 Å². The largest absolute Gasteiger partial charge is 0.478 e. The maximum absolute atomic E-state index is 14.7. The van der Waals surface area contributed by atoms with E-state index in [0.717, 1.165) is 0 Å². The number of halogens is 1. The molecule has 3 aromatic rings. The van der Waals surface area contributed by atoms with E-state index in [1.54, 1.807) is 49.2 Å². The van der Waals surface area contributed by atoms with Crippen molar-refractivity contribution >= 4 is 40.7 Å². The zero-order valence-electron chi connectivity index (χ0n) is 24.3. The van der Waals surface area contributed by atoms with E-state index in [-0.39, 0.29) is 35.7 Å². The fraction of sp³-hybridized carbons (Fsp3) is 0.344. The number of carbonyl (C=O) groups excluding carboxylic acids is 2. The van der Waals surface area contributed by atoms with Crippen molar-refractivity contribution in [2.75, 3.05) is 37.7 Å². The highest BCUT2D eigenvalue weighted by molar-refractivity contribution is 7.11. The molecule has 10 nitrogen and oxygen atoms in total. The number of amides is 1. The maximum Gasteiger partial charge on any atom is 0.338 e. The zero-order valence-corrected chi connectivity index (χ0v) is 25.1. The van der Waals surface area contributed by atoms with Gasteiger partial charge < -0.3 is 20.1 Å². The van der Waals surface area contributed by atoms with E-state index < -0.39 is 18.0 Å². The van der Waals surface area contributed by atoms with Crippen LogP contribution >= 0.6 is 11.3 Å². The number of carboxylic acid groups (broad SMARTS) is 1. The van der Waals surface area contributed by atoms with Crippen molar-refractivity contribution in [3.8, 4) is 0 Å². The molecule has 2 N–H and O–H groups in total. The SMILES string of the molecule is CCOC(=O)C1=C(CN2CC[C@@H]3C(=O)N(c4ccc(C(=O)O)cc4)C[C@@H]3C2)NC(c2nccs2)=NC1c1cccc(F)c1C. The monoisotopic (exact) mass is 617 g/mol. The molecule has 3 aliphatic heterocycles. The summed E-state index contributed by atoms with van der Waals surface area (Å²) < 4.78 is 20.2. The molecule has 3 aliphatic rings. The number of fused-ring (bicyclic) bond motifs is 1. The second kappa shape index (κ2) is 12.3. The van der Waals surface area contributed by atoms with Crippen LogP contribution in [0.5, 0.6) is 0 Å². The lowest BCUT2D eigenvalue weighted by molar-refractivity contribution is -0.139. The Morgan fingerprint density at radius 2 is 1.98 bits per heavy atom. The third-order valence-corrected chi connectivity index (χ3v) is 9.27. The normalized spacial score (nSPS) is 22.0. The number of carboxylic acids is 1. The summed E-state index contributed by atoms with van der Waals surface area (Å²) >= 11 is 1.41. The van der Waals surface area contributed by atoms with Crippen LogP contribution in [0.2, 0.25) is 0 Å². The molecule has 0 aliphatic carbocycles. The first kappa shape index (κ1) is 29.6. The lowest BCUT2D eigenvalue weighted by Crippen LogP contribution is -2.45. The van der Waals surface area contributed by atoms with Gasteiger partial charge in [-0.1, -0.05) is 12.1 Å². The average molecular weight is 618 g/mol. The van der Waals surface area contributed by atoms with E-state index in [1.165, 1.54) is 29.5 Å². The van der Waals surface area contributed by atoms with Crippen LogP contribution in [0.1, 0.15) is 45.9 Å². The van der Waals surface area contributed by atoms with E-state index >= 15 is 0 Å². The quantitative estimate of drug-likeness (QED) is 0.361. The Kier molecular flexibility index (Phi) is 8.28. The van der Waals surface area contributed by atoms with Gasteiger partial charge in [0.2, 0.25) is 5.91 Å². The molecule has 2 fully saturated rings. The minimum Gasteiger partial charge on any atom is -0.478 e. The van der Waals surface area contributed by atoms with Crippen LogP contribution in [-0.2, 0) is 14.3 Å². The number of benzene rings is 2. The van der Waals surface area contributed by atoms with Gasteiger partial charge in [0.25, 0.3) is 0 Å². The number of piperidine rings is 1. The molecule has 4 heterocycles. The maximum atomic E-state index is 14.7. The number of ether oxygens (including phenoxy) is 1. The molecule has 1 amide bonds. The van der Waals surface area contributed by atoms with Crippen molar-refractivity contribution in [2.24, 2.45) is 16.8 Å². The van der Waals surface area contributed by atoms with Gasteiger partial charge in [-0.3, -0.25) is 14.7 Å². The number of amidine groups is 1. The highest BCUT2D eigenvalue weighted by atomic mass is 32.1. The highest BCUT2D eigenvalue weighted by Crippen LogP contribution is 2.38. The lowest BCUT2D eigenvalue weighted by atomic mass is 9.87. The van der Waals surface area contributed by atoms with Crippen molar-refractivity contribution < 1.29 is 28.6 Å². The van der Waals surface area contributed by atoms with Gasteiger partial charge in [0, 0.05) is 54.4 Å². The third kappa shape index (κ3) is 5.62. The topological polar surface area (TPSA) is 124 Å². The first-order valence-corrected chi connectivity index (χ1v) is 15.4. The van der Waals surface area contributed by atoms with Crippen LogP contribution in [0, 0.1) is 24.6 Å². The predicted molar refractivity (Wildman–Crippen MR) is 163 cm³/mol. The molecule has 0 bridgehead atoms. The minimum atomic E-state index is -1.01. The van der Waals surface area contributed by atoms with Gasteiger partial charge >= 0.3 is 11.9 Å². The van der Waals surface area contributed by atoms with Crippen LogP contribution in [-0.4, -0.2) is 71.5 Å². The van der Waals surface area contributed by atoms with Gasteiger partial charge in [0.15, 0.2) is 10.8 Å². The molecular weight excluding hydrogens is 585 g/mol. The van der Waals surface area contributed by atoms with Gasteiger partial charge in [0.1, 0.15) is 11.9 Å². The number of esters is 1. The first-order valence-electron chi connectivity index (χ1n) is 14.5. The minimum absolute atomic E-state index is 0.0415. The predicted octanol–water partition coefficient (Wildman–Crippen LogP) is 4.18. The van der Waals surface area contributed by atoms with Gasteiger partial charge in [-0.2, -0.15) is 0 Å². The summed E-state index contributed by atoms with van der Waals surface area (Å²) in [6.45, 7) is 5.73. The molecule has 0 radical (unpaired) electrons. The number of hydrogen-bond acceptors (Lipinski definition) is 9. The zero-order chi connectivity index (χ0) is 31.0. The average Bonchev–Trinajstić information content (AvgIpc) is 3.67. The smallest absolute Gasteiger partial charge is 0.338 e. The van der Waals surface area contributed by atoms with E-state index in [4.69, 9.17) is 9.73 Å². The van der Waals surface area contributed by atoms with Gasteiger partial charge in [-0.15, -0.1) is 11.3 Å². The number of hydrogen-bond donors (Lipinski definition) is 2. The lowest BCUT2D eigenvalue weighted by Gasteiger charge is -2.36. The van der Waals surface area contributed by atoms with Crippen LogP contribution < -0.4 is 10.2 Å². The first-order chi connectivity index (χ1) is 21.2. The summed E-state index contributed by atoms with van der Waals surface area (Å²) in [5.74, 6) is -1.46. The summed E-state index contributed by atoms with van der Waals surface area (Å²) in [5.41, 5.74) is 2.77. The summed E-state index contributed by atoms with van der Waals surface area (Å²) in [4.78, 5) is 51.4. The van der Waals surface area contributed by atoms with Crippen LogP contribution in [0.15, 0.2) is 70.3 Å². The van der Waals surface area contributed by atoms with E-state index in [9.17, 15) is 23.9 Å². The number of rotatable bonds is 8. The Balaban J connectivity index is 1.30. The summed E-state index contributed by atoms with van der Waals surface area (Å²) in [7, 11) is 0. The fourth-order valence-corrected chi connectivity index (χ4v) is 6.88. The van der Waals surface area contributed by atoms with Crippen LogP contribution in [0.4, 0.5) is 10.1 Å². The highest BCUT2D eigenvalue weighted by Gasteiger charge is 2.44. The third-order valence-electron chi connectivity index (χ3n) is 8.49. The number of nitrogens with zero attached hydrogens (tertiary/aromatic N) is 4. The van der Waals surface area contributed by atoms with Crippen molar-refractivity contribution in [1.82, 2.24) is 15.2 Å². The molecule has 6 rings (SSSR count). The van der Waals surface area contributed by atoms with Gasteiger partial charge in [-0.05, 0) is 68.3 Å². The number of carbonyl (C=O) groups is 3. The van der Waals surface area contributed by atoms with Gasteiger partial charge in [-0.25, -0.2) is 19.0 Å². The molecule has 2 saturated heterocycles. The Morgan fingerprint density at radius 1 is 1.18 bits per heavy atom. The summed E-state index contributed by atoms with van der Waals surface area (Å²) in [6, 6.07) is 10.3. The molecule has 12 heteroatoms. The molecule has 1 unspecified atom stereocenters. The number of aromatic nitrogens is 1. The number of likely N-dealkylation sites (tertiary alicyclic amines) is 1. The van der Waals surface area contributed by atoms with Crippen molar-refractivity contribution in [2.45, 2.75) is 26.3 Å². The molecule has 1 aromatic heterocycles. The second-order valence-electron chi connectivity index (χ2n) is 11.1. The van der Waals surface area contributed by atoms with E-state index in [2.05, 4.69) is 15.2 Å². The molecule has 2 aromatic carbocycles. The molecule has 0 saturated carbocycles. The molecular formula is C32H32FN5O5S. The van der Waals surface area contributed by atoms with Gasteiger partial charge in [0.05, 0.1) is 17.7 Å². The number of nitrogens with one attached hydrogen (secondary N) is 1. The molecule has 0 spiro atoms. The number of thiazole rings is 1. The summed E-state index contributed by atoms with van der Waals surface area (Å²) in [5, 5.41) is 15.1. The Labute approximate surface area is 257 Å². The number of anilines is 1. The second-order valence-corrected chi connectivity index (χ2v) is 12.0. The van der Waals surface area contributed by atoms with E-state index in [0.29, 0.717) is 71.5 Å². The Bertz CT molecular complexity index is 1660. The molecule has 44 heavy (non-hydrogen) atoms. The van der Waals surface area contributed by atoms with Crippen LogP contribution in [0.3, 0.4) is 0 Å². The molecule has 3 atom stereocenters. The standard InChI is InChI=1S/C32H32FN5O5S/c1-3-43-32(42)26-25(35-28(29-34-12-14-44-29)36-27(26)22-5-4-6-24(33)18(22)2)17-37-13-11-23-20(15-37)16-38(30(23)39)21-9-7-19(8-10-21)31(40)41/h4-10,12,14,20,23,27H,3,11,13,15-17H2,1-2H3,(H,35,36)(H,40,41)/t20-,23-,27?/m0/s1. The Morgan fingerprint density at radius 3 is 2.68 bits per heavy atom. The van der Waals surface area contributed by atoms with Crippen molar-refractivity contribution in [1.29, 1.82) is 0 Å². The Hall–Kier alpha value is -4.42. The summed E-state index contributed by atoms with van der Waals surface area (Å²) in [6.07, 6.45) is 2.33. The number of aromatic carboxylic acids is 1. The number of aliphatic imine (C=N–C) groups is 1. The van der Waals surface area contributed by atoms with Crippen molar-refractivity contribution in [3.05, 3.63) is 92.8 Å². The van der Waals surface area contributed by atoms with Crippen molar-refractivity contribution in [3.63, 3.8) is 0 Å². The van der Waals surface area contributed by atoms with E-state index in [1.807, 2.05) is 5.38 Å². The fourth-order valence-electron chi connectivity index (χ4n) is 6.29.